The Hall–Kier alpha value is -2.18. The minimum atomic E-state index is 0.553. The third-order valence-corrected chi connectivity index (χ3v) is 2.23. The molecule has 0 aliphatic rings. The number of nitrogens with one attached hydrogen (secondary N) is 2. The van der Waals surface area contributed by atoms with Gasteiger partial charge in [-0.3, -0.25) is 4.57 Å². The zero-order valence-corrected chi connectivity index (χ0v) is 10.6. The molecule has 0 spiro atoms. The maximum atomic E-state index is 4.35. The van der Waals surface area contributed by atoms with Crippen molar-refractivity contribution in [3.8, 4) is 5.95 Å². The van der Waals surface area contributed by atoms with Crippen molar-refractivity contribution in [2.45, 2.75) is 20.3 Å². The van der Waals surface area contributed by atoms with Gasteiger partial charge in [0.05, 0.1) is 0 Å². The van der Waals surface area contributed by atoms with Crippen LogP contribution in [-0.4, -0.2) is 37.6 Å². The fourth-order valence-corrected chi connectivity index (χ4v) is 1.41. The van der Waals surface area contributed by atoms with Crippen molar-refractivity contribution in [1.82, 2.24) is 24.5 Å². The third-order valence-electron chi connectivity index (χ3n) is 2.23. The number of anilines is 2. The molecule has 0 atom stereocenters. The molecule has 18 heavy (non-hydrogen) atoms. The summed E-state index contributed by atoms with van der Waals surface area (Å²) in [6, 6.07) is 0. The number of hydrogen-bond acceptors (Lipinski definition) is 6. The lowest BCUT2D eigenvalue weighted by Crippen LogP contribution is -2.12. The normalized spacial score (nSPS) is 10.3. The molecule has 7 nitrogen and oxygen atoms in total. The Morgan fingerprint density at radius 1 is 1.11 bits per heavy atom. The molecular weight excluding hydrogens is 230 g/mol. The second-order valence-corrected chi connectivity index (χ2v) is 3.71. The van der Waals surface area contributed by atoms with Crippen LogP contribution in [0, 0.1) is 0 Å². The monoisotopic (exact) mass is 247 g/mol. The lowest BCUT2D eigenvalue weighted by Gasteiger charge is -2.08. The van der Waals surface area contributed by atoms with Crippen molar-refractivity contribution in [2.24, 2.45) is 0 Å². The molecule has 96 valence electrons. The minimum absolute atomic E-state index is 0.553. The Bertz CT molecular complexity index is 480. The molecule has 0 fully saturated rings. The van der Waals surface area contributed by atoms with Crippen LogP contribution in [-0.2, 0) is 0 Å². The smallest absolute Gasteiger partial charge is 0.241 e. The summed E-state index contributed by atoms with van der Waals surface area (Å²) in [6.07, 6.45) is 6.17. The first-order chi connectivity index (χ1) is 8.83. The van der Waals surface area contributed by atoms with Crippen LogP contribution in [0.25, 0.3) is 5.95 Å². The van der Waals surface area contributed by atoms with Gasteiger partial charge in [-0.2, -0.15) is 15.0 Å². The summed E-state index contributed by atoms with van der Waals surface area (Å²) in [6.45, 7) is 5.69. The molecule has 2 rings (SSSR count). The molecule has 0 aliphatic carbocycles. The summed E-state index contributed by atoms with van der Waals surface area (Å²) in [5.74, 6) is 1.69. The topological polar surface area (TPSA) is 80.5 Å². The summed E-state index contributed by atoms with van der Waals surface area (Å²) in [5, 5.41) is 6.25. The molecule has 0 bridgehead atoms. The fraction of sp³-hybridized carbons (Fsp3) is 0.455. The predicted molar refractivity (Wildman–Crippen MR) is 69.9 cm³/mol. The van der Waals surface area contributed by atoms with Crippen LogP contribution in [0.15, 0.2) is 18.7 Å². The highest BCUT2D eigenvalue weighted by atomic mass is 15.3. The van der Waals surface area contributed by atoms with E-state index in [2.05, 4.69) is 37.5 Å². The van der Waals surface area contributed by atoms with Crippen LogP contribution in [0.3, 0.4) is 0 Å². The van der Waals surface area contributed by atoms with E-state index in [-0.39, 0.29) is 0 Å². The first kappa shape index (κ1) is 12.3. The molecule has 0 radical (unpaired) electrons. The van der Waals surface area contributed by atoms with Crippen molar-refractivity contribution >= 4 is 11.9 Å². The molecule has 0 aromatic carbocycles. The van der Waals surface area contributed by atoms with Gasteiger partial charge in [-0.25, -0.2) is 4.98 Å². The fourth-order valence-electron chi connectivity index (χ4n) is 1.41. The van der Waals surface area contributed by atoms with E-state index in [0.29, 0.717) is 17.8 Å². The molecule has 0 aliphatic heterocycles. The van der Waals surface area contributed by atoms with Crippen molar-refractivity contribution in [3.05, 3.63) is 18.7 Å². The third kappa shape index (κ3) is 2.93. The van der Waals surface area contributed by atoms with E-state index in [9.17, 15) is 0 Å². The summed E-state index contributed by atoms with van der Waals surface area (Å²) in [7, 11) is 0. The van der Waals surface area contributed by atoms with E-state index in [0.717, 1.165) is 19.5 Å². The van der Waals surface area contributed by atoms with Crippen molar-refractivity contribution in [1.29, 1.82) is 0 Å². The highest BCUT2D eigenvalue weighted by Crippen LogP contribution is 2.09. The van der Waals surface area contributed by atoms with Crippen molar-refractivity contribution in [3.63, 3.8) is 0 Å². The van der Waals surface area contributed by atoms with Gasteiger partial charge < -0.3 is 10.6 Å². The molecule has 0 saturated heterocycles. The number of imidazole rings is 1. The van der Waals surface area contributed by atoms with Gasteiger partial charge in [0.25, 0.3) is 0 Å². The SMILES string of the molecule is CCCNc1nc(NCC)nc(-n2ccnc2)n1. The predicted octanol–water partition coefficient (Wildman–Crippen LogP) is 1.31. The van der Waals surface area contributed by atoms with Crippen LogP contribution >= 0.6 is 0 Å². The van der Waals surface area contributed by atoms with E-state index in [1.807, 2.05) is 6.92 Å². The number of aromatic nitrogens is 5. The Morgan fingerprint density at radius 2 is 1.89 bits per heavy atom. The number of hydrogen-bond donors (Lipinski definition) is 2. The summed E-state index contributed by atoms with van der Waals surface area (Å²) < 4.78 is 1.75. The maximum absolute atomic E-state index is 4.35. The highest BCUT2D eigenvalue weighted by molar-refractivity contribution is 5.37. The van der Waals surface area contributed by atoms with Gasteiger partial charge in [0.1, 0.15) is 6.33 Å². The maximum Gasteiger partial charge on any atom is 0.241 e. The van der Waals surface area contributed by atoms with E-state index < -0.39 is 0 Å². The van der Waals surface area contributed by atoms with Gasteiger partial charge in [0.2, 0.25) is 17.8 Å². The van der Waals surface area contributed by atoms with Gasteiger partial charge in [0, 0.05) is 25.5 Å². The van der Waals surface area contributed by atoms with Crippen LogP contribution in [0.5, 0.6) is 0 Å². The second-order valence-electron chi connectivity index (χ2n) is 3.71. The minimum Gasteiger partial charge on any atom is -0.354 e. The number of nitrogens with zero attached hydrogens (tertiary/aromatic N) is 5. The van der Waals surface area contributed by atoms with E-state index in [4.69, 9.17) is 0 Å². The van der Waals surface area contributed by atoms with Gasteiger partial charge in [-0.1, -0.05) is 6.92 Å². The summed E-state index contributed by atoms with van der Waals surface area (Å²) in [4.78, 5) is 16.9. The average Bonchev–Trinajstić information content (AvgIpc) is 2.90. The highest BCUT2D eigenvalue weighted by Gasteiger charge is 2.06. The van der Waals surface area contributed by atoms with Crippen LogP contribution in [0.2, 0.25) is 0 Å². The lowest BCUT2D eigenvalue weighted by atomic mass is 10.5. The van der Waals surface area contributed by atoms with Crippen LogP contribution in [0.4, 0.5) is 11.9 Å². The number of rotatable bonds is 6. The zero-order valence-electron chi connectivity index (χ0n) is 10.6. The standard InChI is InChI=1S/C11H17N7/c1-3-5-14-10-15-9(13-4-2)16-11(17-10)18-7-6-12-8-18/h6-8H,3-5H2,1-2H3,(H2,13,14,15,16,17). The van der Waals surface area contributed by atoms with Gasteiger partial charge >= 0.3 is 0 Å². The molecule has 0 unspecified atom stereocenters. The Labute approximate surface area is 106 Å². The van der Waals surface area contributed by atoms with E-state index in [1.54, 1.807) is 23.3 Å². The van der Waals surface area contributed by atoms with Crippen LogP contribution in [0.1, 0.15) is 20.3 Å². The molecule has 7 heteroatoms. The summed E-state index contributed by atoms with van der Waals surface area (Å²) >= 11 is 0. The first-order valence-corrected chi connectivity index (χ1v) is 6.05. The Balaban J connectivity index is 2.30. The second kappa shape index (κ2) is 5.95. The van der Waals surface area contributed by atoms with Gasteiger partial charge in [0.15, 0.2) is 0 Å². The van der Waals surface area contributed by atoms with Crippen molar-refractivity contribution < 1.29 is 0 Å². The molecule has 0 amide bonds. The molecule has 2 N–H and O–H groups in total. The summed E-state index contributed by atoms with van der Waals surface area (Å²) in [5.41, 5.74) is 0. The molecule has 2 aromatic rings. The molecular formula is C11H17N7. The van der Waals surface area contributed by atoms with Crippen molar-refractivity contribution in [2.75, 3.05) is 23.7 Å². The molecule has 0 saturated carbocycles. The first-order valence-electron chi connectivity index (χ1n) is 6.05. The van der Waals surface area contributed by atoms with E-state index in [1.165, 1.54) is 0 Å². The van der Waals surface area contributed by atoms with Gasteiger partial charge in [-0.15, -0.1) is 0 Å². The zero-order chi connectivity index (χ0) is 12.8. The van der Waals surface area contributed by atoms with E-state index >= 15 is 0 Å². The molecule has 2 heterocycles. The van der Waals surface area contributed by atoms with Crippen LogP contribution < -0.4 is 10.6 Å². The molecule has 2 aromatic heterocycles. The Morgan fingerprint density at radius 3 is 2.50 bits per heavy atom. The largest absolute Gasteiger partial charge is 0.354 e. The average molecular weight is 247 g/mol. The lowest BCUT2D eigenvalue weighted by molar-refractivity contribution is 0.877. The Kier molecular flexibility index (Phi) is 4.06. The quantitative estimate of drug-likeness (QED) is 0.801. The van der Waals surface area contributed by atoms with Gasteiger partial charge in [-0.05, 0) is 13.3 Å².